The number of benzene rings is 2. The van der Waals surface area contributed by atoms with Crippen molar-refractivity contribution in [1.82, 2.24) is 9.88 Å². The lowest BCUT2D eigenvalue weighted by molar-refractivity contribution is 0.100. The van der Waals surface area contributed by atoms with Crippen LogP contribution in [0.25, 0.3) is 27.4 Å². The van der Waals surface area contributed by atoms with Crippen LogP contribution in [-0.2, 0) is 0 Å². The summed E-state index contributed by atoms with van der Waals surface area (Å²) in [4.78, 5) is 27.5. The Bertz CT molecular complexity index is 1100. The van der Waals surface area contributed by atoms with Gasteiger partial charge in [0, 0.05) is 34.9 Å². The minimum Gasteiger partial charge on any atom is -0.465 e. The molecule has 0 fully saturated rings. The Morgan fingerprint density at radius 1 is 1.27 bits per heavy atom. The first-order chi connectivity index (χ1) is 12.5. The summed E-state index contributed by atoms with van der Waals surface area (Å²) < 4.78 is 15.0. The second-order valence-electron chi connectivity index (χ2n) is 6.29. The summed E-state index contributed by atoms with van der Waals surface area (Å²) in [6, 6.07) is 8.45. The van der Waals surface area contributed by atoms with Crippen molar-refractivity contribution in [2.75, 3.05) is 13.1 Å². The van der Waals surface area contributed by atoms with E-state index in [4.69, 9.17) is 5.73 Å². The fourth-order valence-corrected chi connectivity index (χ4v) is 3.59. The number of aromatic amines is 1. The molecular formula is C19H16FN3O3. The fraction of sp³-hybridized carbons (Fsp3) is 0.158. The first-order valence-electron chi connectivity index (χ1n) is 8.17. The van der Waals surface area contributed by atoms with Gasteiger partial charge in [0.25, 0.3) is 5.91 Å². The molecule has 4 N–H and O–H groups in total. The van der Waals surface area contributed by atoms with Gasteiger partial charge in [-0.05, 0) is 24.1 Å². The molecule has 26 heavy (non-hydrogen) atoms. The summed E-state index contributed by atoms with van der Waals surface area (Å²) in [5.41, 5.74) is 7.62. The number of hydrogen-bond acceptors (Lipinski definition) is 2. The van der Waals surface area contributed by atoms with E-state index in [2.05, 4.69) is 4.98 Å². The molecule has 0 radical (unpaired) electrons. The Kier molecular flexibility index (Phi) is 3.64. The van der Waals surface area contributed by atoms with E-state index in [-0.39, 0.29) is 12.1 Å². The highest BCUT2D eigenvalue weighted by molar-refractivity contribution is 6.18. The molecule has 2 amide bonds. The average Bonchev–Trinajstić information content (AvgIpc) is 3.00. The van der Waals surface area contributed by atoms with Crippen molar-refractivity contribution < 1.29 is 19.1 Å². The summed E-state index contributed by atoms with van der Waals surface area (Å²) in [7, 11) is 0. The largest absolute Gasteiger partial charge is 0.465 e. The number of primary amides is 1. The van der Waals surface area contributed by atoms with Crippen LogP contribution in [0.15, 0.2) is 36.4 Å². The molecule has 2 heterocycles. The predicted octanol–water partition coefficient (Wildman–Crippen LogP) is 3.33. The quantitative estimate of drug-likeness (QED) is 0.659. The van der Waals surface area contributed by atoms with Crippen molar-refractivity contribution >= 4 is 39.4 Å². The van der Waals surface area contributed by atoms with Crippen molar-refractivity contribution in [2.24, 2.45) is 5.73 Å². The van der Waals surface area contributed by atoms with Gasteiger partial charge in [-0.15, -0.1) is 0 Å². The van der Waals surface area contributed by atoms with Gasteiger partial charge < -0.3 is 20.7 Å². The van der Waals surface area contributed by atoms with Gasteiger partial charge in [-0.3, -0.25) is 4.79 Å². The summed E-state index contributed by atoms with van der Waals surface area (Å²) in [5, 5.41) is 10.6. The smallest absolute Gasteiger partial charge is 0.407 e. The molecule has 0 spiro atoms. The predicted molar refractivity (Wildman–Crippen MR) is 96.5 cm³/mol. The monoisotopic (exact) mass is 353 g/mol. The molecule has 2 aromatic carbocycles. The number of carbonyl (C=O) groups excluding carboxylic acids is 1. The van der Waals surface area contributed by atoms with Gasteiger partial charge in [0.15, 0.2) is 0 Å². The maximum Gasteiger partial charge on any atom is 0.407 e. The highest BCUT2D eigenvalue weighted by Crippen LogP contribution is 2.37. The Morgan fingerprint density at radius 3 is 2.77 bits per heavy atom. The molecule has 3 aromatic rings. The molecule has 6 nitrogen and oxygen atoms in total. The summed E-state index contributed by atoms with van der Waals surface area (Å²) in [5.74, 6) is -1.31. The number of amides is 2. The van der Waals surface area contributed by atoms with Crippen LogP contribution in [0.4, 0.5) is 9.18 Å². The SMILES string of the molecule is NC(=O)c1cc(F)c(C2=CCCN(C(=O)O)C2)c2c1[nH]c1ccccc12. The third-order valence-electron chi connectivity index (χ3n) is 4.74. The van der Waals surface area contributed by atoms with Gasteiger partial charge in [0.2, 0.25) is 0 Å². The topological polar surface area (TPSA) is 99.4 Å². The highest BCUT2D eigenvalue weighted by atomic mass is 19.1. The van der Waals surface area contributed by atoms with Crippen molar-refractivity contribution in [3.8, 4) is 0 Å². The third kappa shape index (κ3) is 2.40. The van der Waals surface area contributed by atoms with Crippen molar-refractivity contribution in [3.05, 3.63) is 53.4 Å². The Balaban J connectivity index is 2.05. The molecule has 7 heteroatoms. The van der Waals surface area contributed by atoms with E-state index in [0.717, 1.165) is 17.0 Å². The molecule has 0 atom stereocenters. The first-order valence-corrected chi connectivity index (χ1v) is 8.17. The zero-order chi connectivity index (χ0) is 18.4. The van der Waals surface area contributed by atoms with Crippen LogP contribution in [0.2, 0.25) is 0 Å². The Hall–Kier alpha value is -3.35. The number of halogens is 1. The lowest BCUT2D eigenvalue weighted by atomic mass is 9.93. The van der Waals surface area contributed by atoms with Gasteiger partial charge in [-0.25, -0.2) is 9.18 Å². The number of carboxylic acid groups (broad SMARTS) is 1. The van der Waals surface area contributed by atoms with E-state index >= 15 is 4.39 Å². The number of H-pyrrole nitrogens is 1. The van der Waals surface area contributed by atoms with Crippen LogP contribution in [-0.4, -0.2) is 40.1 Å². The van der Waals surface area contributed by atoms with E-state index in [1.165, 1.54) is 4.90 Å². The summed E-state index contributed by atoms with van der Waals surface area (Å²) in [6.45, 7) is 0.466. The summed E-state index contributed by atoms with van der Waals surface area (Å²) in [6.07, 6.45) is 1.31. The molecular weight excluding hydrogens is 337 g/mol. The number of nitrogens with zero attached hydrogens (tertiary/aromatic N) is 1. The van der Waals surface area contributed by atoms with Crippen molar-refractivity contribution in [1.29, 1.82) is 0 Å². The molecule has 132 valence electrons. The number of nitrogens with two attached hydrogens (primary N) is 1. The van der Waals surface area contributed by atoms with Crippen LogP contribution in [0.3, 0.4) is 0 Å². The second kappa shape index (κ2) is 5.87. The molecule has 0 bridgehead atoms. The minimum atomic E-state index is -1.04. The molecule has 4 rings (SSSR count). The number of para-hydroxylation sites is 1. The lowest BCUT2D eigenvalue weighted by Gasteiger charge is -2.25. The van der Waals surface area contributed by atoms with Crippen LogP contribution < -0.4 is 5.73 Å². The number of aromatic nitrogens is 1. The van der Waals surface area contributed by atoms with E-state index in [1.54, 1.807) is 0 Å². The second-order valence-corrected chi connectivity index (χ2v) is 6.29. The minimum absolute atomic E-state index is 0.0731. The zero-order valence-electron chi connectivity index (χ0n) is 13.8. The Morgan fingerprint density at radius 2 is 2.04 bits per heavy atom. The first kappa shape index (κ1) is 16.1. The van der Waals surface area contributed by atoms with Crippen molar-refractivity contribution in [2.45, 2.75) is 6.42 Å². The normalized spacial score (nSPS) is 14.7. The van der Waals surface area contributed by atoms with Crippen LogP contribution in [0.1, 0.15) is 22.3 Å². The van der Waals surface area contributed by atoms with Crippen molar-refractivity contribution in [3.63, 3.8) is 0 Å². The van der Waals surface area contributed by atoms with Gasteiger partial charge in [0.05, 0.1) is 11.1 Å². The van der Waals surface area contributed by atoms with Crippen LogP contribution in [0, 0.1) is 5.82 Å². The van der Waals surface area contributed by atoms with Crippen LogP contribution in [0.5, 0.6) is 0 Å². The standard InChI is InChI=1S/C19H16FN3O3/c20-13-8-12(18(21)24)17-16(11-5-1-2-6-14(11)22-17)15(13)10-4-3-7-23(9-10)19(25)26/h1-2,4-6,8,22H,3,7,9H2,(H2,21,24)(H,25,26). The molecule has 1 aromatic heterocycles. The van der Waals surface area contributed by atoms with E-state index in [9.17, 15) is 14.7 Å². The fourth-order valence-electron chi connectivity index (χ4n) is 3.59. The molecule has 0 saturated heterocycles. The summed E-state index contributed by atoms with van der Waals surface area (Å²) >= 11 is 0. The maximum atomic E-state index is 15.0. The Labute approximate surface area is 147 Å². The number of fused-ring (bicyclic) bond motifs is 3. The van der Waals surface area contributed by atoms with Gasteiger partial charge in [-0.1, -0.05) is 24.3 Å². The maximum absolute atomic E-state index is 15.0. The zero-order valence-corrected chi connectivity index (χ0v) is 13.8. The van der Waals surface area contributed by atoms with E-state index in [1.807, 2.05) is 30.3 Å². The average molecular weight is 353 g/mol. The van der Waals surface area contributed by atoms with Gasteiger partial charge >= 0.3 is 6.09 Å². The van der Waals surface area contributed by atoms with E-state index in [0.29, 0.717) is 35.0 Å². The van der Waals surface area contributed by atoms with E-state index < -0.39 is 17.8 Å². The lowest BCUT2D eigenvalue weighted by Crippen LogP contribution is -2.34. The highest BCUT2D eigenvalue weighted by Gasteiger charge is 2.25. The number of carbonyl (C=O) groups is 2. The number of hydrogen-bond donors (Lipinski definition) is 3. The third-order valence-corrected chi connectivity index (χ3v) is 4.74. The molecule has 1 aliphatic heterocycles. The van der Waals surface area contributed by atoms with Crippen LogP contribution >= 0.6 is 0 Å². The van der Waals surface area contributed by atoms with Gasteiger partial charge in [-0.2, -0.15) is 0 Å². The van der Waals surface area contributed by atoms with Gasteiger partial charge in [0.1, 0.15) is 5.82 Å². The molecule has 0 saturated carbocycles. The molecule has 1 aliphatic rings. The number of nitrogens with one attached hydrogen (secondary N) is 1. The number of rotatable bonds is 2. The molecule has 0 unspecified atom stereocenters. The molecule has 0 aliphatic carbocycles.